The molecule has 1 amide bonds. The fourth-order valence-electron chi connectivity index (χ4n) is 2.11. The summed E-state index contributed by atoms with van der Waals surface area (Å²) in [5, 5.41) is 0. The van der Waals surface area contributed by atoms with E-state index in [1.165, 1.54) is 18.9 Å². The molecule has 1 aliphatic rings. The van der Waals surface area contributed by atoms with Gasteiger partial charge in [0, 0.05) is 13.3 Å². The van der Waals surface area contributed by atoms with E-state index in [0.717, 1.165) is 0 Å². The van der Waals surface area contributed by atoms with E-state index >= 15 is 0 Å². The molecule has 0 saturated carbocycles. The number of hydrogen-bond acceptors (Lipinski definition) is 4. The minimum Gasteiger partial charge on any atom is -0.469 e. The number of carbonyl (C=O) groups is 2. The maximum atomic E-state index is 12.2. The van der Waals surface area contributed by atoms with Gasteiger partial charge in [-0.2, -0.15) is 4.79 Å². The maximum absolute atomic E-state index is 12.2. The minimum absolute atomic E-state index is 0.0124. The lowest BCUT2D eigenvalue weighted by Gasteiger charge is -2.32. The second-order valence-electron chi connectivity index (χ2n) is 4.89. The highest BCUT2D eigenvalue weighted by atomic mass is 16.5. The van der Waals surface area contributed by atoms with Crippen molar-refractivity contribution in [3.8, 4) is 0 Å². The number of carbonyl (C=O) groups excluding carboxylic acids is 2. The fraction of sp³-hybridized carbons (Fsp3) is 0.750. The first-order valence-corrected chi connectivity index (χ1v) is 6.06. The lowest BCUT2D eigenvalue weighted by Crippen LogP contribution is -2.50. The van der Waals surface area contributed by atoms with Gasteiger partial charge in [0.1, 0.15) is 5.72 Å². The van der Waals surface area contributed by atoms with Crippen LogP contribution in [-0.4, -0.2) is 52.8 Å². The minimum atomic E-state index is -0.788. The first-order chi connectivity index (χ1) is 8.83. The molecule has 7 nitrogen and oxygen atoms in total. The van der Waals surface area contributed by atoms with Crippen molar-refractivity contribution in [3.05, 3.63) is 5.53 Å². The van der Waals surface area contributed by atoms with Gasteiger partial charge in [0.2, 0.25) is 0 Å². The summed E-state index contributed by atoms with van der Waals surface area (Å²) < 4.78 is 10.1. The largest absolute Gasteiger partial charge is 0.469 e. The summed E-state index contributed by atoms with van der Waals surface area (Å²) in [7, 11) is 1.32. The molecule has 1 heterocycles. The van der Waals surface area contributed by atoms with Crippen LogP contribution in [0.2, 0.25) is 0 Å². The Balaban J connectivity index is 2.84. The van der Waals surface area contributed by atoms with Gasteiger partial charge in [-0.25, -0.2) is 0 Å². The van der Waals surface area contributed by atoms with Crippen molar-refractivity contribution in [2.24, 2.45) is 0 Å². The zero-order valence-corrected chi connectivity index (χ0v) is 11.7. The van der Waals surface area contributed by atoms with E-state index < -0.39 is 11.6 Å². The van der Waals surface area contributed by atoms with Gasteiger partial charge in [-0.3, -0.25) is 14.5 Å². The van der Waals surface area contributed by atoms with Gasteiger partial charge in [-0.1, -0.05) is 0 Å². The predicted octanol–water partition coefficient (Wildman–Crippen LogP) is 0.594. The molecule has 0 aromatic carbocycles. The lowest BCUT2D eigenvalue weighted by atomic mass is 10.1. The highest BCUT2D eigenvalue weighted by Crippen LogP contribution is 2.29. The zero-order chi connectivity index (χ0) is 14.6. The molecule has 0 aromatic heterocycles. The van der Waals surface area contributed by atoms with Gasteiger partial charge in [0.15, 0.2) is 0 Å². The van der Waals surface area contributed by atoms with E-state index in [1.807, 2.05) is 0 Å². The van der Waals surface area contributed by atoms with E-state index in [2.05, 4.69) is 9.53 Å². The Morgan fingerprint density at radius 2 is 2.16 bits per heavy atom. The molecule has 106 valence electrons. The van der Waals surface area contributed by atoms with Crippen LogP contribution in [0.4, 0.5) is 0 Å². The Morgan fingerprint density at radius 3 is 2.68 bits per heavy atom. The molecule has 7 heteroatoms. The topological polar surface area (TPSA) is 92.2 Å². The third-order valence-electron chi connectivity index (χ3n) is 3.16. The molecule has 0 aliphatic carbocycles. The summed E-state index contributed by atoms with van der Waals surface area (Å²) in [5.41, 5.74) is 7.90. The molecule has 0 bridgehead atoms. The van der Waals surface area contributed by atoms with Gasteiger partial charge in [0.25, 0.3) is 0 Å². The molecular formula is C12H19N3O4. The summed E-state index contributed by atoms with van der Waals surface area (Å²) in [6.07, 6.45) is 0.653. The Morgan fingerprint density at radius 1 is 1.53 bits per heavy atom. The second-order valence-corrected chi connectivity index (χ2v) is 4.89. The molecule has 0 aromatic rings. The molecule has 0 N–H and O–H groups in total. The van der Waals surface area contributed by atoms with Crippen LogP contribution in [0, 0.1) is 0 Å². The van der Waals surface area contributed by atoms with Crippen molar-refractivity contribution in [1.29, 1.82) is 0 Å². The standard InChI is InChI=1S/C12H19N3O4/c1-8(14-13)11(17)15-9(5-6-10(16)18-4)7-19-12(15,2)3/h9H,5-7H2,1-4H3/t9-/m0/s1. The van der Waals surface area contributed by atoms with Crippen LogP contribution in [0.5, 0.6) is 0 Å². The number of nitrogens with zero attached hydrogens (tertiary/aromatic N) is 3. The quantitative estimate of drug-likeness (QED) is 0.323. The van der Waals surface area contributed by atoms with Gasteiger partial charge < -0.3 is 15.0 Å². The van der Waals surface area contributed by atoms with Crippen LogP contribution in [0.15, 0.2) is 0 Å². The van der Waals surface area contributed by atoms with Crippen molar-refractivity contribution < 1.29 is 23.9 Å². The van der Waals surface area contributed by atoms with E-state index in [9.17, 15) is 9.59 Å². The van der Waals surface area contributed by atoms with Crippen molar-refractivity contribution in [3.63, 3.8) is 0 Å². The Kier molecular flexibility index (Phi) is 4.80. The van der Waals surface area contributed by atoms with E-state index in [4.69, 9.17) is 10.3 Å². The lowest BCUT2D eigenvalue weighted by molar-refractivity contribution is -0.145. The van der Waals surface area contributed by atoms with Crippen molar-refractivity contribution >= 4 is 17.6 Å². The molecule has 1 atom stereocenters. The smallest absolute Gasteiger partial charge is 0.353 e. The fourth-order valence-corrected chi connectivity index (χ4v) is 2.11. The SMILES string of the molecule is COC(=O)CC[C@H]1COC(C)(C)N1C(=O)C(C)=[N+]=[N-]. The number of esters is 1. The van der Waals surface area contributed by atoms with Crippen LogP contribution >= 0.6 is 0 Å². The van der Waals surface area contributed by atoms with E-state index in [-0.39, 0.29) is 24.1 Å². The molecule has 1 saturated heterocycles. The number of rotatable bonds is 4. The molecule has 0 radical (unpaired) electrons. The van der Waals surface area contributed by atoms with Crippen LogP contribution in [0.25, 0.3) is 5.53 Å². The first-order valence-electron chi connectivity index (χ1n) is 6.06. The average molecular weight is 269 g/mol. The van der Waals surface area contributed by atoms with Crippen LogP contribution in [0.1, 0.15) is 33.6 Å². The van der Waals surface area contributed by atoms with E-state index in [1.54, 1.807) is 13.8 Å². The molecule has 1 rings (SSSR count). The summed E-state index contributed by atoms with van der Waals surface area (Å²) in [6.45, 7) is 5.28. The molecule has 0 unspecified atom stereocenters. The predicted molar refractivity (Wildman–Crippen MR) is 66.2 cm³/mol. The van der Waals surface area contributed by atoms with E-state index in [0.29, 0.717) is 13.0 Å². The molecule has 19 heavy (non-hydrogen) atoms. The van der Waals surface area contributed by atoms with Gasteiger partial charge in [0.05, 0.1) is 19.8 Å². The molecule has 1 aliphatic heterocycles. The number of hydrogen-bond donors (Lipinski definition) is 0. The van der Waals surface area contributed by atoms with Crippen LogP contribution in [-0.2, 0) is 19.1 Å². The zero-order valence-electron chi connectivity index (χ0n) is 11.7. The van der Waals surface area contributed by atoms with Gasteiger partial charge in [-0.15, -0.1) is 0 Å². The summed E-state index contributed by atoms with van der Waals surface area (Å²) in [6, 6.07) is -0.238. The van der Waals surface area contributed by atoms with Crippen molar-refractivity contribution in [2.75, 3.05) is 13.7 Å². The molecule has 0 spiro atoms. The number of amides is 1. The van der Waals surface area contributed by atoms with Gasteiger partial charge in [-0.05, 0) is 20.3 Å². The summed E-state index contributed by atoms with van der Waals surface area (Å²) in [4.78, 5) is 27.7. The Bertz CT molecular complexity index is 427. The second kappa shape index (κ2) is 5.95. The Labute approximate surface area is 112 Å². The Hall–Kier alpha value is -1.72. The normalized spacial score (nSPS) is 20.8. The molecule has 1 fully saturated rings. The maximum Gasteiger partial charge on any atom is 0.353 e. The molecular weight excluding hydrogens is 250 g/mol. The van der Waals surface area contributed by atoms with Crippen LogP contribution < -0.4 is 0 Å². The van der Waals surface area contributed by atoms with Crippen LogP contribution in [0.3, 0.4) is 0 Å². The third-order valence-corrected chi connectivity index (χ3v) is 3.16. The van der Waals surface area contributed by atoms with Gasteiger partial charge >= 0.3 is 17.6 Å². The number of methoxy groups -OCH3 is 1. The summed E-state index contributed by atoms with van der Waals surface area (Å²) >= 11 is 0. The first kappa shape index (κ1) is 15.3. The third kappa shape index (κ3) is 3.39. The highest BCUT2D eigenvalue weighted by Gasteiger charge is 2.45. The summed E-state index contributed by atoms with van der Waals surface area (Å²) in [5.74, 6) is -0.732. The van der Waals surface area contributed by atoms with Crippen molar-refractivity contribution in [2.45, 2.75) is 45.4 Å². The average Bonchev–Trinajstić information content (AvgIpc) is 2.69. The monoisotopic (exact) mass is 269 g/mol. The van der Waals surface area contributed by atoms with Crippen molar-refractivity contribution in [1.82, 2.24) is 4.90 Å². The number of ether oxygens (including phenoxy) is 2. The highest BCUT2D eigenvalue weighted by molar-refractivity contribution is 6.35.